The van der Waals surface area contributed by atoms with Gasteiger partial charge in [0, 0.05) is 11.8 Å². The number of sulfone groups is 1. The maximum absolute atomic E-state index is 13.6. The van der Waals surface area contributed by atoms with Gasteiger partial charge in [-0.25, -0.2) is 17.2 Å². The smallest absolute Gasteiger partial charge is 0.175 e. The average Bonchev–Trinajstić information content (AvgIpc) is 2.37. The maximum atomic E-state index is 13.6. The number of rotatable bonds is 3. The van der Waals surface area contributed by atoms with Crippen LogP contribution in [-0.2, 0) is 9.84 Å². The third-order valence-electron chi connectivity index (χ3n) is 2.98. The summed E-state index contributed by atoms with van der Waals surface area (Å²) in [7, 11) is -3.32. The third kappa shape index (κ3) is 2.86. The van der Waals surface area contributed by atoms with E-state index in [9.17, 15) is 17.2 Å². The van der Waals surface area contributed by atoms with Crippen molar-refractivity contribution in [2.45, 2.75) is 10.9 Å². The predicted molar refractivity (Wildman–Crippen MR) is 71.9 cm³/mol. The van der Waals surface area contributed by atoms with Crippen LogP contribution in [0.3, 0.4) is 0 Å². The first-order valence-corrected chi connectivity index (χ1v) is 7.69. The zero-order valence-corrected chi connectivity index (χ0v) is 11.5. The van der Waals surface area contributed by atoms with Gasteiger partial charge in [-0.3, -0.25) is 0 Å². The minimum absolute atomic E-state index is 0.127. The lowest BCUT2D eigenvalue weighted by molar-refractivity contribution is 0.543. The fraction of sp³-hybridized carbons (Fsp3) is 0.143. The van der Waals surface area contributed by atoms with E-state index in [1.54, 1.807) is 0 Å². The molecule has 1 atom stereocenters. The Kier molecular flexibility index (Phi) is 3.87. The van der Waals surface area contributed by atoms with E-state index in [0.29, 0.717) is 5.56 Å². The number of hydrogen-bond acceptors (Lipinski definition) is 3. The summed E-state index contributed by atoms with van der Waals surface area (Å²) in [4.78, 5) is 0.127. The van der Waals surface area contributed by atoms with Crippen molar-refractivity contribution >= 4 is 9.84 Å². The van der Waals surface area contributed by atoms with E-state index in [0.717, 1.165) is 18.4 Å². The summed E-state index contributed by atoms with van der Waals surface area (Å²) in [5, 5.41) is 0. The number of hydrogen-bond donors (Lipinski definition) is 1. The summed E-state index contributed by atoms with van der Waals surface area (Å²) in [5.74, 6) is -1.46. The summed E-state index contributed by atoms with van der Waals surface area (Å²) in [6.45, 7) is 0. The van der Waals surface area contributed by atoms with Gasteiger partial charge in [0.1, 0.15) is 11.6 Å². The molecule has 1 unspecified atom stereocenters. The number of nitrogens with two attached hydrogens (primary N) is 1. The van der Waals surface area contributed by atoms with Crippen LogP contribution in [-0.4, -0.2) is 14.7 Å². The zero-order valence-electron chi connectivity index (χ0n) is 10.7. The molecule has 3 nitrogen and oxygen atoms in total. The lowest BCUT2D eigenvalue weighted by atomic mass is 9.99. The van der Waals surface area contributed by atoms with Crippen LogP contribution in [0, 0.1) is 11.6 Å². The lowest BCUT2D eigenvalue weighted by Crippen LogP contribution is -2.15. The second-order valence-electron chi connectivity index (χ2n) is 4.45. The highest BCUT2D eigenvalue weighted by atomic mass is 32.2. The van der Waals surface area contributed by atoms with Gasteiger partial charge in [-0.15, -0.1) is 0 Å². The first kappa shape index (κ1) is 14.6. The average molecular weight is 297 g/mol. The van der Waals surface area contributed by atoms with Gasteiger partial charge in [-0.1, -0.05) is 18.2 Å². The van der Waals surface area contributed by atoms with E-state index in [1.165, 1.54) is 30.3 Å². The Morgan fingerprint density at radius 2 is 1.50 bits per heavy atom. The highest BCUT2D eigenvalue weighted by Crippen LogP contribution is 2.25. The molecule has 0 spiro atoms. The zero-order chi connectivity index (χ0) is 14.9. The molecule has 0 aliphatic heterocycles. The van der Waals surface area contributed by atoms with Crippen molar-refractivity contribution in [2.24, 2.45) is 5.73 Å². The molecule has 0 aliphatic carbocycles. The Hall–Kier alpha value is -1.79. The fourth-order valence-corrected chi connectivity index (χ4v) is 2.53. The summed E-state index contributed by atoms with van der Waals surface area (Å²) >= 11 is 0. The molecule has 0 aliphatic rings. The molecule has 2 aromatic carbocycles. The Morgan fingerprint density at radius 3 is 1.95 bits per heavy atom. The van der Waals surface area contributed by atoms with E-state index in [1.807, 2.05) is 0 Å². The van der Waals surface area contributed by atoms with Gasteiger partial charge in [0.2, 0.25) is 0 Å². The van der Waals surface area contributed by atoms with Crippen molar-refractivity contribution in [1.29, 1.82) is 0 Å². The molecular formula is C14H13F2NO2S. The van der Waals surface area contributed by atoms with Crippen LogP contribution >= 0.6 is 0 Å². The van der Waals surface area contributed by atoms with Crippen molar-refractivity contribution < 1.29 is 17.2 Å². The molecule has 0 fully saturated rings. The molecule has 2 aromatic rings. The quantitative estimate of drug-likeness (QED) is 0.946. The van der Waals surface area contributed by atoms with E-state index in [-0.39, 0.29) is 10.5 Å². The van der Waals surface area contributed by atoms with Crippen LogP contribution in [0.25, 0.3) is 0 Å². The molecule has 0 bridgehead atoms. The van der Waals surface area contributed by atoms with Crippen LogP contribution in [0.4, 0.5) is 8.78 Å². The molecule has 0 heterocycles. The second kappa shape index (κ2) is 5.30. The SMILES string of the molecule is CS(=O)(=O)c1ccc(C(N)c2c(F)cccc2F)cc1. The summed E-state index contributed by atoms with van der Waals surface area (Å²) in [5.41, 5.74) is 6.04. The van der Waals surface area contributed by atoms with Gasteiger partial charge in [0.05, 0.1) is 10.9 Å². The Balaban J connectivity index is 2.42. The fourth-order valence-electron chi connectivity index (χ4n) is 1.90. The van der Waals surface area contributed by atoms with E-state index >= 15 is 0 Å². The molecule has 0 aromatic heterocycles. The Labute approximate surface area is 116 Å². The maximum Gasteiger partial charge on any atom is 0.175 e. The third-order valence-corrected chi connectivity index (χ3v) is 4.11. The van der Waals surface area contributed by atoms with Gasteiger partial charge in [0.25, 0.3) is 0 Å². The molecule has 2 N–H and O–H groups in total. The largest absolute Gasteiger partial charge is 0.320 e. The molecule has 2 rings (SSSR count). The highest BCUT2D eigenvalue weighted by Gasteiger charge is 2.18. The van der Waals surface area contributed by atoms with Crippen molar-refractivity contribution in [3.8, 4) is 0 Å². The van der Waals surface area contributed by atoms with Crippen molar-refractivity contribution in [3.05, 3.63) is 65.2 Å². The molecule has 20 heavy (non-hydrogen) atoms. The highest BCUT2D eigenvalue weighted by molar-refractivity contribution is 7.90. The summed E-state index contributed by atoms with van der Waals surface area (Å²) in [6, 6.07) is 8.15. The monoisotopic (exact) mass is 297 g/mol. The second-order valence-corrected chi connectivity index (χ2v) is 6.47. The van der Waals surface area contributed by atoms with Gasteiger partial charge >= 0.3 is 0 Å². The van der Waals surface area contributed by atoms with Gasteiger partial charge in [0.15, 0.2) is 9.84 Å². The van der Waals surface area contributed by atoms with Crippen LogP contribution < -0.4 is 5.73 Å². The molecule has 6 heteroatoms. The summed E-state index contributed by atoms with van der Waals surface area (Å²) < 4.78 is 50.0. The van der Waals surface area contributed by atoms with E-state index in [4.69, 9.17) is 5.73 Å². The molecule has 0 amide bonds. The van der Waals surface area contributed by atoms with E-state index < -0.39 is 27.5 Å². The minimum atomic E-state index is -3.32. The molecule has 0 saturated carbocycles. The van der Waals surface area contributed by atoms with Crippen LogP contribution in [0.15, 0.2) is 47.4 Å². The molecular weight excluding hydrogens is 284 g/mol. The topological polar surface area (TPSA) is 60.2 Å². The Bertz CT molecular complexity index is 707. The van der Waals surface area contributed by atoms with Crippen molar-refractivity contribution in [3.63, 3.8) is 0 Å². The van der Waals surface area contributed by atoms with E-state index in [2.05, 4.69) is 0 Å². The van der Waals surface area contributed by atoms with Crippen molar-refractivity contribution in [2.75, 3.05) is 6.26 Å². The van der Waals surface area contributed by atoms with Gasteiger partial charge in [-0.05, 0) is 29.8 Å². The van der Waals surface area contributed by atoms with Gasteiger partial charge < -0.3 is 5.73 Å². The van der Waals surface area contributed by atoms with Crippen LogP contribution in [0.2, 0.25) is 0 Å². The summed E-state index contributed by atoms with van der Waals surface area (Å²) in [6.07, 6.45) is 1.08. The molecule has 0 saturated heterocycles. The number of benzene rings is 2. The Morgan fingerprint density at radius 1 is 1.00 bits per heavy atom. The predicted octanol–water partition coefficient (Wildman–Crippen LogP) is 2.42. The standard InChI is InChI=1S/C14H13F2NO2S/c1-20(18,19)10-7-5-9(6-8-10)14(17)13-11(15)3-2-4-12(13)16/h2-8,14H,17H2,1H3. The van der Waals surface area contributed by atoms with Gasteiger partial charge in [-0.2, -0.15) is 0 Å². The normalized spacial score (nSPS) is 13.2. The van der Waals surface area contributed by atoms with Crippen LogP contribution in [0.5, 0.6) is 0 Å². The minimum Gasteiger partial charge on any atom is -0.320 e. The first-order chi connectivity index (χ1) is 9.30. The first-order valence-electron chi connectivity index (χ1n) is 5.80. The van der Waals surface area contributed by atoms with Crippen molar-refractivity contribution in [1.82, 2.24) is 0 Å². The molecule has 0 radical (unpaired) electrons. The number of halogens is 2. The van der Waals surface area contributed by atoms with Crippen LogP contribution in [0.1, 0.15) is 17.2 Å². The lowest BCUT2D eigenvalue weighted by Gasteiger charge is -2.14. The molecule has 106 valence electrons.